The van der Waals surface area contributed by atoms with Gasteiger partial charge >= 0.3 is 0 Å². The minimum Gasteiger partial charge on any atom is -0.353 e. The summed E-state index contributed by atoms with van der Waals surface area (Å²) in [6.45, 7) is 2.70. The van der Waals surface area contributed by atoms with Crippen molar-refractivity contribution in [1.29, 1.82) is 0 Å². The molecule has 2 N–H and O–H groups in total. The summed E-state index contributed by atoms with van der Waals surface area (Å²) in [6, 6.07) is 2.99. The predicted octanol–water partition coefficient (Wildman–Crippen LogP) is 1.06. The van der Waals surface area contributed by atoms with Crippen LogP contribution in [0.1, 0.15) is 29.4 Å². The number of anilines is 1. The fourth-order valence-corrected chi connectivity index (χ4v) is 3.16. The number of thiophene rings is 1. The smallest absolute Gasteiger partial charge is 0.264 e. The number of carbonyl (C=O) groups excluding carboxylic acids is 3. The Bertz CT molecular complexity index is 594. The number of hydrogen-bond acceptors (Lipinski definition) is 4. The SMILES string of the molecule is CC1C(=O)NCCN1C(=O)c1ccc(NC(=O)C2CC2)s1. The van der Waals surface area contributed by atoms with Gasteiger partial charge in [0.05, 0.1) is 9.88 Å². The van der Waals surface area contributed by atoms with E-state index in [4.69, 9.17) is 0 Å². The molecular formula is C14H17N3O3S. The van der Waals surface area contributed by atoms with E-state index in [1.807, 2.05) is 0 Å². The molecule has 112 valence electrons. The van der Waals surface area contributed by atoms with Crippen molar-refractivity contribution < 1.29 is 14.4 Å². The fourth-order valence-electron chi connectivity index (χ4n) is 2.29. The van der Waals surface area contributed by atoms with Crippen LogP contribution in [-0.4, -0.2) is 41.8 Å². The number of rotatable bonds is 3. The van der Waals surface area contributed by atoms with Gasteiger partial charge in [0, 0.05) is 19.0 Å². The molecular weight excluding hydrogens is 290 g/mol. The number of carbonyl (C=O) groups is 3. The second-order valence-corrected chi connectivity index (χ2v) is 6.48. The molecule has 3 rings (SSSR count). The summed E-state index contributed by atoms with van der Waals surface area (Å²) in [4.78, 5) is 37.9. The molecule has 3 amide bonds. The zero-order valence-corrected chi connectivity index (χ0v) is 12.5. The van der Waals surface area contributed by atoms with E-state index < -0.39 is 6.04 Å². The normalized spacial score (nSPS) is 21.9. The van der Waals surface area contributed by atoms with Crippen LogP contribution in [0.15, 0.2) is 12.1 Å². The molecule has 0 radical (unpaired) electrons. The van der Waals surface area contributed by atoms with E-state index in [0.29, 0.717) is 23.0 Å². The van der Waals surface area contributed by atoms with Crippen molar-refractivity contribution in [3.63, 3.8) is 0 Å². The van der Waals surface area contributed by atoms with E-state index in [2.05, 4.69) is 10.6 Å². The van der Waals surface area contributed by atoms with Crippen LogP contribution in [0.3, 0.4) is 0 Å². The maximum absolute atomic E-state index is 12.4. The number of nitrogens with one attached hydrogen (secondary N) is 2. The van der Waals surface area contributed by atoms with Crippen molar-refractivity contribution in [3.8, 4) is 0 Å². The van der Waals surface area contributed by atoms with Crippen molar-refractivity contribution in [1.82, 2.24) is 10.2 Å². The highest BCUT2D eigenvalue weighted by molar-refractivity contribution is 7.18. The Hall–Kier alpha value is -1.89. The third-order valence-corrected chi connectivity index (χ3v) is 4.76. The van der Waals surface area contributed by atoms with E-state index in [1.165, 1.54) is 11.3 Å². The number of amides is 3. The summed E-state index contributed by atoms with van der Waals surface area (Å²) in [5.41, 5.74) is 0. The van der Waals surface area contributed by atoms with E-state index in [-0.39, 0.29) is 23.6 Å². The monoisotopic (exact) mass is 307 g/mol. The van der Waals surface area contributed by atoms with Gasteiger partial charge < -0.3 is 15.5 Å². The van der Waals surface area contributed by atoms with Gasteiger partial charge in [0.25, 0.3) is 5.91 Å². The van der Waals surface area contributed by atoms with Crippen LogP contribution in [0, 0.1) is 5.92 Å². The van der Waals surface area contributed by atoms with Crippen LogP contribution in [0.25, 0.3) is 0 Å². The van der Waals surface area contributed by atoms with Crippen LogP contribution >= 0.6 is 11.3 Å². The zero-order valence-electron chi connectivity index (χ0n) is 11.7. The second kappa shape index (κ2) is 5.48. The number of hydrogen-bond donors (Lipinski definition) is 2. The van der Waals surface area contributed by atoms with Crippen molar-refractivity contribution >= 4 is 34.1 Å². The van der Waals surface area contributed by atoms with Crippen LogP contribution < -0.4 is 10.6 Å². The Kier molecular flexibility index (Phi) is 3.67. The van der Waals surface area contributed by atoms with Gasteiger partial charge in [0.15, 0.2) is 0 Å². The highest BCUT2D eigenvalue weighted by Crippen LogP contribution is 2.32. The first kappa shape index (κ1) is 14.1. The van der Waals surface area contributed by atoms with E-state index in [9.17, 15) is 14.4 Å². The van der Waals surface area contributed by atoms with Gasteiger partial charge in [-0.25, -0.2) is 0 Å². The van der Waals surface area contributed by atoms with Gasteiger partial charge in [-0.3, -0.25) is 14.4 Å². The van der Waals surface area contributed by atoms with Gasteiger partial charge in [-0.15, -0.1) is 11.3 Å². The third-order valence-electron chi connectivity index (χ3n) is 3.77. The van der Waals surface area contributed by atoms with Crippen molar-refractivity contribution in [2.45, 2.75) is 25.8 Å². The summed E-state index contributed by atoms with van der Waals surface area (Å²) in [5.74, 6) is -0.124. The largest absolute Gasteiger partial charge is 0.353 e. The minimum absolute atomic E-state index is 0.0292. The molecule has 1 aromatic heterocycles. The molecule has 2 heterocycles. The molecule has 21 heavy (non-hydrogen) atoms. The zero-order chi connectivity index (χ0) is 15.0. The lowest BCUT2D eigenvalue weighted by molar-refractivity contribution is -0.127. The molecule has 2 aliphatic rings. The molecule has 1 unspecified atom stereocenters. The van der Waals surface area contributed by atoms with E-state index in [0.717, 1.165) is 12.8 Å². The lowest BCUT2D eigenvalue weighted by Crippen LogP contribution is -2.55. The maximum Gasteiger partial charge on any atom is 0.264 e. The highest BCUT2D eigenvalue weighted by Gasteiger charge is 2.32. The topological polar surface area (TPSA) is 78.5 Å². The average Bonchev–Trinajstić information content (AvgIpc) is 3.22. The first-order valence-electron chi connectivity index (χ1n) is 7.05. The predicted molar refractivity (Wildman–Crippen MR) is 79.2 cm³/mol. The van der Waals surface area contributed by atoms with Gasteiger partial charge in [-0.05, 0) is 31.9 Å². The molecule has 1 aliphatic carbocycles. The Labute approximate surface area is 126 Å². The van der Waals surface area contributed by atoms with E-state index in [1.54, 1.807) is 24.0 Å². The first-order valence-corrected chi connectivity index (χ1v) is 7.87. The van der Waals surface area contributed by atoms with Crippen LogP contribution in [0.4, 0.5) is 5.00 Å². The third kappa shape index (κ3) is 2.92. The van der Waals surface area contributed by atoms with Gasteiger partial charge in [-0.1, -0.05) is 0 Å². The first-order chi connectivity index (χ1) is 10.1. The lowest BCUT2D eigenvalue weighted by Gasteiger charge is -2.32. The summed E-state index contributed by atoms with van der Waals surface area (Å²) in [7, 11) is 0. The molecule has 1 saturated carbocycles. The Morgan fingerprint density at radius 2 is 2.14 bits per heavy atom. The molecule has 0 spiro atoms. The quantitative estimate of drug-likeness (QED) is 0.876. The Morgan fingerprint density at radius 3 is 2.86 bits per heavy atom. The number of nitrogens with zero attached hydrogens (tertiary/aromatic N) is 1. The molecule has 0 aromatic carbocycles. The molecule has 0 bridgehead atoms. The maximum atomic E-state index is 12.4. The molecule has 1 aromatic rings. The molecule has 2 fully saturated rings. The number of piperazine rings is 1. The fraction of sp³-hybridized carbons (Fsp3) is 0.500. The lowest BCUT2D eigenvalue weighted by atomic mass is 10.2. The molecule has 1 saturated heterocycles. The summed E-state index contributed by atoms with van der Waals surface area (Å²) in [5, 5.41) is 6.25. The standard InChI is InChI=1S/C14H17N3O3S/c1-8-12(18)15-6-7-17(8)14(20)10-4-5-11(21-10)16-13(19)9-2-3-9/h4-5,8-9H,2-3,6-7H2,1H3,(H,15,18)(H,16,19). The van der Waals surface area contributed by atoms with Crippen LogP contribution in [0.2, 0.25) is 0 Å². The van der Waals surface area contributed by atoms with E-state index >= 15 is 0 Å². The minimum atomic E-state index is -0.460. The van der Waals surface area contributed by atoms with Gasteiger partial charge in [0.1, 0.15) is 6.04 Å². The Balaban J connectivity index is 1.68. The van der Waals surface area contributed by atoms with Crippen LogP contribution in [-0.2, 0) is 9.59 Å². The second-order valence-electron chi connectivity index (χ2n) is 5.39. The average molecular weight is 307 g/mol. The summed E-state index contributed by atoms with van der Waals surface area (Å²) >= 11 is 1.26. The van der Waals surface area contributed by atoms with Gasteiger partial charge in [0.2, 0.25) is 11.8 Å². The Morgan fingerprint density at radius 1 is 1.38 bits per heavy atom. The van der Waals surface area contributed by atoms with Crippen molar-refractivity contribution in [2.75, 3.05) is 18.4 Å². The van der Waals surface area contributed by atoms with Gasteiger partial charge in [-0.2, -0.15) is 0 Å². The molecule has 6 nitrogen and oxygen atoms in total. The van der Waals surface area contributed by atoms with Crippen molar-refractivity contribution in [3.05, 3.63) is 17.0 Å². The summed E-state index contributed by atoms with van der Waals surface area (Å²) < 4.78 is 0. The molecule has 1 atom stereocenters. The van der Waals surface area contributed by atoms with Crippen molar-refractivity contribution in [2.24, 2.45) is 5.92 Å². The summed E-state index contributed by atoms with van der Waals surface area (Å²) in [6.07, 6.45) is 1.90. The highest BCUT2D eigenvalue weighted by atomic mass is 32.1. The molecule has 7 heteroatoms. The molecule has 1 aliphatic heterocycles. The van der Waals surface area contributed by atoms with Crippen LogP contribution in [0.5, 0.6) is 0 Å².